The number of nitrogen functional groups attached to an aromatic ring is 1. The van der Waals surface area contributed by atoms with E-state index in [1.54, 1.807) is 12.1 Å². The quantitative estimate of drug-likeness (QED) is 0.802. The number of amides is 1. The van der Waals surface area contributed by atoms with Gasteiger partial charge in [0.15, 0.2) is 0 Å². The molecular weight excluding hydrogens is 226 g/mol. The van der Waals surface area contributed by atoms with E-state index in [0.717, 1.165) is 24.7 Å². The molecule has 18 heavy (non-hydrogen) atoms. The van der Waals surface area contributed by atoms with Crippen molar-refractivity contribution in [3.05, 3.63) is 24.3 Å². The number of benzene rings is 1. The number of rotatable bonds is 3. The lowest BCUT2D eigenvalue weighted by molar-refractivity contribution is -0.117. The number of nitrogens with one attached hydrogen (secondary N) is 1. The van der Waals surface area contributed by atoms with Gasteiger partial charge in [0.2, 0.25) is 5.91 Å². The summed E-state index contributed by atoms with van der Waals surface area (Å²) in [7, 11) is 0. The summed E-state index contributed by atoms with van der Waals surface area (Å²) in [5.74, 6) is 0.843. The van der Waals surface area contributed by atoms with E-state index < -0.39 is 0 Å². The molecule has 1 heterocycles. The lowest BCUT2D eigenvalue weighted by Crippen LogP contribution is -2.38. The zero-order valence-corrected chi connectivity index (χ0v) is 10.9. The van der Waals surface area contributed by atoms with Crippen LogP contribution in [0, 0.1) is 5.92 Å². The van der Waals surface area contributed by atoms with Crippen molar-refractivity contribution >= 4 is 17.3 Å². The fourth-order valence-corrected chi connectivity index (χ4v) is 2.19. The molecule has 1 aromatic carbocycles. The Labute approximate surface area is 108 Å². The molecule has 1 amide bonds. The number of anilines is 2. The standard InChI is InChI=1S/C14H21N3O/c1-11-6-8-17(9-7-11)10-14(18)16-13-4-2-12(15)3-5-13/h2-5,11H,6-10,15H2,1H3,(H,16,18). The molecule has 1 saturated heterocycles. The van der Waals surface area contributed by atoms with Crippen LogP contribution in [0.3, 0.4) is 0 Å². The fraction of sp³-hybridized carbons (Fsp3) is 0.500. The molecule has 1 aliphatic heterocycles. The number of nitrogens with zero attached hydrogens (tertiary/aromatic N) is 1. The minimum absolute atomic E-state index is 0.0503. The molecular formula is C14H21N3O. The van der Waals surface area contributed by atoms with Crippen molar-refractivity contribution in [3.8, 4) is 0 Å². The maximum atomic E-state index is 11.9. The number of hydrogen-bond acceptors (Lipinski definition) is 3. The van der Waals surface area contributed by atoms with Crippen molar-refractivity contribution in [1.29, 1.82) is 0 Å². The first-order valence-corrected chi connectivity index (χ1v) is 6.51. The van der Waals surface area contributed by atoms with E-state index in [9.17, 15) is 4.79 Å². The van der Waals surface area contributed by atoms with Crippen LogP contribution >= 0.6 is 0 Å². The Hall–Kier alpha value is -1.55. The van der Waals surface area contributed by atoms with Gasteiger partial charge < -0.3 is 11.1 Å². The minimum Gasteiger partial charge on any atom is -0.399 e. The van der Waals surface area contributed by atoms with E-state index in [0.29, 0.717) is 12.2 Å². The molecule has 0 radical (unpaired) electrons. The highest BCUT2D eigenvalue weighted by Crippen LogP contribution is 2.16. The molecule has 1 aliphatic rings. The summed E-state index contributed by atoms with van der Waals surface area (Å²) in [5.41, 5.74) is 7.11. The first-order chi connectivity index (χ1) is 8.63. The molecule has 0 spiro atoms. The van der Waals surface area contributed by atoms with Gasteiger partial charge in [-0.2, -0.15) is 0 Å². The Morgan fingerprint density at radius 2 is 1.94 bits per heavy atom. The van der Waals surface area contributed by atoms with Crippen molar-refractivity contribution in [3.63, 3.8) is 0 Å². The predicted octanol–water partition coefficient (Wildman–Crippen LogP) is 1.94. The largest absolute Gasteiger partial charge is 0.399 e. The van der Waals surface area contributed by atoms with Gasteiger partial charge in [0.25, 0.3) is 0 Å². The number of piperidine rings is 1. The molecule has 0 atom stereocenters. The number of likely N-dealkylation sites (tertiary alicyclic amines) is 1. The van der Waals surface area contributed by atoms with E-state index in [4.69, 9.17) is 5.73 Å². The predicted molar refractivity (Wildman–Crippen MR) is 74.3 cm³/mol. The van der Waals surface area contributed by atoms with Crippen molar-refractivity contribution in [2.75, 3.05) is 30.7 Å². The van der Waals surface area contributed by atoms with E-state index in [2.05, 4.69) is 17.1 Å². The molecule has 0 aromatic heterocycles. The van der Waals surface area contributed by atoms with Crippen molar-refractivity contribution < 1.29 is 4.79 Å². The van der Waals surface area contributed by atoms with Crippen molar-refractivity contribution in [2.24, 2.45) is 5.92 Å². The zero-order valence-electron chi connectivity index (χ0n) is 10.9. The van der Waals surface area contributed by atoms with E-state index in [-0.39, 0.29) is 5.91 Å². The number of carbonyl (C=O) groups is 1. The van der Waals surface area contributed by atoms with Crippen molar-refractivity contribution in [1.82, 2.24) is 4.90 Å². The Balaban J connectivity index is 1.80. The van der Waals surface area contributed by atoms with E-state index in [1.807, 2.05) is 12.1 Å². The maximum Gasteiger partial charge on any atom is 0.238 e. The molecule has 4 heteroatoms. The summed E-state index contributed by atoms with van der Waals surface area (Å²) in [4.78, 5) is 14.1. The maximum absolute atomic E-state index is 11.9. The second-order valence-corrected chi connectivity index (χ2v) is 5.13. The Morgan fingerprint density at radius 3 is 2.56 bits per heavy atom. The molecule has 1 aromatic rings. The SMILES string of the molecule is CC1CCN(CC(=O)Nc2ccc(N)cc2)CC1. The first-order valence-electron chi connectivity index (χ1n) is 6.51. The average Bonchev–Trinajstić information content (AvgIpc) is 2.35. The molecule has 3 N–H and O–H groups in total. The van der Waals surface area contributed by atoms with Gasteiger partial charge in [0, 0.05) is 11.4 Å². The third kappa shape index (κ3) is 3.74. The van der Waals surface area contributed by atoms with Crippen LogP contribution in [0.2, 0.25) is 0 Å². The lowest BCUT2D eigenvalue weighted by Gasteiger charge is -2.29. The molecule has 0 aliphatic carbocycles. The van der Waals surface area contributed by atoms with Crippen molar-refractivity contribution in [2.45, 2.75) is 19.8 Å². The van der Waals surface area contributed by atoms with E-state index >= 15 is 0 Å². The second-order valence-electron chi connectivity index (χ2n) is 5.13. The van der Waals surface area contributed by atoms with Crippen LogP contribution in [0.4, 0.5) is 11.4 Å². The summed E-state index contributed by atoms with van der Waals surface area (Å²) in [6, 6.07) is 7.23. The number of hydrogen-bond donors (Lipinski definition) is 2. The second kappa shape index (κ2) is 5.87. The average molecular weight is 247 g/mol. The highest BCUT2D eigenvalue weighted by atomic mass is 16.2. The van der Waals surface area contributed by atoms with Gasteiger partial charge in [-0.1, -0.05) is 6.92 Å². The third-order valence-corrected chi connectivity index (χ3v) is 3.44. The molecule has 4 nitrogen and oxygen atoms in total. The van der Waals surface area contributed by atoms with Crippen LogP contribution in [0.15, 0.2) is 24.3 Å². The Kier molecular flexibility index (Phi) is 4.20. The number of carbonyl (C=O) groups excluding carboxylic acids is 1. The summed E-state index contributed by atoms with van der Waals surface area (Å²) in [6.07, 6.45) is 2.38. The van der Waals surface area contributed by atoms with Gasteiger partial charge in [0.1, 0.15) is 0 Å². The van der Waals surface area contributed by atoms with Crippen LogP contribution in [-0.2, 0) is 4.79 Å². The molecule has 0 saturated carbocycles. The molecule has 0 unspecified atom stereocenters. The van der Waals surface area contributed by atoms with E-state index in [1.165, 1.54) is 12.8 Å². The summed E-state index contributed by atoms with van der Waals surface area (Å²) < 4.78 is 0. The summed E-state index contributed by atoms with van der Waals surface area (Å²) in [6.45, 7) is 4.80. The molecule has 1 fully saturated rings. The minimum atomic E-state index is 0.0503. The number of nitrogens with two attached hydrogens (primary N) is 1. The highest BCUT2D eigenvalue weighted by molar-refractivity contribution is 5.92. The van der Waals surface area contributed by atoms with Gasteiger partial charge in [-0.15, -0.1) is 0 Å². The van der Waals surface area contributed by atoms with Gasteiger partial charge in [-0.25, -0.2) is 0 Å². The zero-order chi connectivity index (χ0) is 13.0. The highest BCUT2D eigenvalue weighted by Gasteiger charge is 2.17. The third-order valence-electron chi connectivity index (χ3n) is 3.44. The van der Waals surface area contributed by atoms with Crippen LogP contribution in [-0.4, -0.2) is 30.4 Å². The van der Waals surface area contributed by atoms with Crippen LogP contribution in [0.25, 0.3) is 0 Å². The summed E-state index contributed by atoms with van der Waals surface area (Å²) >= 11 is 0. The van der Waals surface area contributed by atoms with Crippen LogP contribution < -0.4 is 11.1 Å². The Bertz CT molecular complexity index is 394. The molecule has 2 rings (SSSR count). The van der Waals surface area contributed by atoms with Gasteiger partial charge in [-0.3, -0.25) is 9.69 Å². The fourth-order valence-electron chi connectivity index (χ4n) is 2.19. The van der Waals surface area contributed by atoms with Crippen LogP contribution in [0.5, 0.6) is 0 Å². The van der Waals surface area contributed by atoms with Gasteiger partial charge in [0.05, 0.1) is 6.54 Å². The molecule has 0 bridgehead atoms. The lowest BCUT2D eigenvalue weighted by atomic mass is 9.99. The van der Waals surface area contributed by atoms with Gasteiger partial charge in [-0.05, 0) is 56.1 Å². The normalized spacial score (nSPS) is 17.6. The Morgan fingerprint density at radius 1 is 1.33 bits per heavy atom. The van der Waals surface area contributed by atoms with Crippen LogP contribution in [0.1, 0.15) is 19.8 Å². The first kappa shape index (κ1) is 12.9. The summed E-state index contributed by atoms with van der Waals surface area (Å²) in [5, 5.41) is 2.89. The topological polar surface area (TPSA) is 58.4 Å². The molecule has 98 valence electrons. The smallest absolute Gasteiger partial charge is 0.238 e. The van der Waals surface area contributed by atoms with Gasteiger partial charge >= 0.3 is 0 Å². The monoisotopic (exact) mass is 247 g/mol.